The van der Waals surface area contributed by atoms with Crippen molar-refractivity contribution in [1.82, 2.24) is 0 Å². The van der Waals surface area contributed by atoms with E-state index >= 15 is 0 Å². The minimum atomic E-state index is -1.05. The third-order valence-electron chi connectivity index (χ3n) is 6.02. The first kappa shape index (κ1) is 26.0. The van der Waals surface area contributed by atoms with Gasteiger partial charge in [-0.25, -0.2) is 4.79 Å². The average molecular weight is 493 g/mol. The maximum absolute atomic E-state index is 12.8. The Labute approximate surface area is 211 Å². The highest BCUT2D eigenvalue weighted by atomic mass is 16.7. The van der Waals surface area contributed by atoms with E-state index in [-0.39, 0.29) is 6.61 Å². The number of rotatable bonds is 11. The average Bonchev–Trinajstić information content (AvgIpc) is 2.94. The fraction of sp³-hybridized carbons (Fsp3) is 0.345. The van der Waals surface area contributed by atoms with Crippen LogP contribution in [0, 0.1) is 0 Å². The van der Waals surface area contributed by atoms with Crippen molar-refractivity contribution in [2.75, 3.05) is 14.2 Å². The second kappa shape index (κ2) is 13.3. The van der Waals surface area contributed by atoms with Crippen LogP contribution < -0.4 is 0 Å². The van der Waals surface area contributed by atoms with Crippen LogP contribution in [0.2, 0.25) is 0 Å². The SMILES string of the molecule is COC(=O)[C@@H]1O[C@H](OC)[C@H](OCc2ccccc2)[C@@H](OCc2ccccc2)[C@@H]1OCc1ccccc1. The molecule has 1 heterocycles. The highest BCUT2D eigenvalue weighted by Gasteiger charge is 2.51. The molecule has 0 unspecified atom stereocenters. The molecule has 0 bridgehead atoms. The highest BCUT2D eigenvalue weighted by molar-refractivity contribution is 5.75. The Bertz CT molecular complexity index is 1040. The molecule has 36 heavy (non-hydrogen) atoms. The monoisotopic (exact) mass is 492 g/mol. The summed E-state index contributed by atoms with van der Waals surface area (Å²) in [5.41, 5.74) is 2.93. The molecule has 0 spiro atoms. The zero-order valence-corrected chi connectivity index (χ0v) is 20.5. The van der Waals surface area contributed by atoms with Crippen LogP contribution >= 0.6 is 0 Å². The van der Waals surface area contributed by atoms with Crippen molar-refractivity contribution >= 4 is 5.97 Å². The number of hydrogen-bond acceptors (Lipinski definition) is 7. The predicted molar refractivity (Wildman–Crippen MR) is 133 cm³/mol. The van der Waals surface area contributed by atoms with E-state index in [0.29, 0.717) is 13.2 Å². The Morgan fingerprint density at radius 3 is 1.47 bits per heavy atom. The van der Waals surface area contributed by atoms with Crippen LogP contribution in [-0.2, 0) is 53.0 Å². The van der Waals surface area contributed by atoms with Gasteiger partial charge >= 0.3 is 5.97 Å². The first-order valence-electron chi connectivity index (χ1n) is 11.9. The first-order chi connectivity index (χ1) is 17.7. The summed E-state index contributed by atoms with van der Waals surface area (Å²) < 4.78 is 35.7. The molecular weight excluding hydrogens is 460 g/mol. The van der Waals surface area contributed by atoms with E-state index in [0.717, 1.165) is 16.7 Å². The topological polar surface area (TPSA) is 72.5 Å². The molecule has 0 N–H and O–H groups in total. The van der Waals surface area contributed by atoms with Crippen LogP contribution in [0.1, 0.15) is 16.7 Å². The van der Waals surface area contributed by atoms with Gasteiger partial charge in [-0.1, -0.05) is 91.0 Å². The Kier molecular flexibility index (Phi) is 9.61. The van der Waals surface area contributed by atoms with Gasteiger partial charge in [0.15, 0.2) is 12.4 Å². The molecule has 0 radical (unpaired) electrons. The summed E-state index contributed by atoms with van der Waals surface area (Å²) in [6.45, 7) is 0.872. The molecule has 4 rings (SSSR count). The second-order valence-electron chi connectivity index (χ2n) is 8.47. The molecule has 0 aromatic heterocycles. The van der Waals surface area contributed by atoms with Gasteiger partial charge in [0, 0.05) is 7.11 Å². The number of ether oxygens (including phenoxy) is 6. The van der Waals surface area contributed by atoms with Gasteiger partial charge < -0.3 is 28.4 Å². The van der Waals surface area contributed by atoms with Crippen molar-refractivity contribution in [2.24, 2.45) is 0 Å². The molecule has 1 fully saturated rings. The first-order valence-corrected chi connectivity index (χ1v) is 11.9. The molecule has 3 aromatic carbocycles. The molecule has 1 aliphatic rings. The van der Waals surface area contributed by atoms with Gasteiger partial charge in [-0.15, -0.1) is 0 Å². The second-order valence-corrected chi connectivity index (χ2v) is 8.47. The molecular formula is C29H32O7. The van der Waals surface area contributed by atoms with Crippen molar-refractivity contribution in [2.45, 2.75) is 50.5 Å². The van der Waals surface area contributed by atoms with Crippen molar-refractivity contribution in [3.63, 3.8) is 0 Å². The maximum atomic E-state index is 12.8. The van der Waals surface area contributed by atoms with E-state index in [2.05, 4.69) is 0 Å². The Morgan fingerprint density at radius 2 is 1.06 bits per heavy atom. The molecule has 7 nitrogen and oxygen atoms in total. The van der Waals surface area contributed by atoms with Gasteiger partial charge in [-0.2, -0.15) is 0 Å². The molecule has 7 heteroatoms. The van der Waals surface area contributed by atoms with Crippen LogP contribution in [0.25, 0.3) is 0 Å². The van der Waals surface area contributed by atoms with Crippen LogP contribution in [0.15, 0.2) is 91.0 Å². The van der Waals surface area contributed by atoms with Gasteiger partial charge in [0.1, 0.15) is 18.3 Å². The lowest BCUT2D eigenvalue weighted by molar-refractivity contribution is -0.314. The predicted octanol–water partition coefficient (Wildman–Crippen LogP) is 4.29. The summed E-state index contributed by atoms with van der Waals surface area (Å²) >= 11 is 0. The Morgan fingerprint density at radius 1 is 0.639 bits per heavy atom. The van der Waals surface area contributed by atoms with E-state index in [9.17, 15) is 4.79 Å². The van der Waals surface area contributed by atoms with Crippen molar-refractivity contribution in [1.29, 1.82) is 0 Å². The largest absolute Gasteiger partial charge is 0.467 e. The standard InChI is InChI=1S/C29H32O7/c1-31-28(30)26-24(33-18-21-12-6-3-7-13-21)25(34-19-22-14-8-4-9-15-22)27(29(32-2)36-26)35-20-23-16-10-5-11-17-23/h3-17,24-27,29H,18-20H2,1-2H3/t24-,25-,26+,27+,29-/m0/s1. The molecule has 1 aliphatic heterocycles. The minimum absolute atomic E-state index is 0.261. The lowest BCUT2D eigenvalue weighted by Crippen LogP contribution is -2.62. The number of hydrogen-bond donors (Lipinski definition) is 0. The molecule has 3 aromatic rings. The molecule has 0 saturated carbocycles. The number of carbonyl (C=O) groups excluding carboxylic acids is 1. The smallest absolute Gasteiger partial charge is 0.337 e. The summed E-state index contributed by atoms with van der Waals surface area (Å²) in [5, 5.41) is 0. The zero-order chi connectivity index (χ0) is 25.2. The Hall–Kier alpha value is -3.07. The van der Waals surface area contributed by atoms with Crippen LogP contribution in [0.3, 0.4) is 0 Å². The van der Waals surface area contributed by atoms with E-state index in [1.165, 1.54) is 14.2 Å². The fourth-order valence-corrected chi connectivity index (χ4v) is 4.15. The van der Waals surface area contributed by atoms with Crippen molar-refractivity contribution < 1.29 is 33.2 Å². The summed E-state index contributed by atoms with van der Waals surface area (Å²) in [7, 11) is 2.83. The van der Waals surface area contributed by atoms with Crippen LogP contribution in [0.4, 0.5) is 0 Å². The third-order valence-corrected chi connectivity index (χ3v) is 6.02. The van der Waals surface area contributed by atoms with Gasteiger partial charge in [-0.05, 0) is 16.7 Å². The van der Waals surface area contributed by atoms with E-state index in [1.807, 2.05) is 91.0 Å². The zero-order valence-electron chi connectivity index (χ0n) is 20.5. The van der Waals surface area contributed by atoms with Gasteiger partial charge in [0.2, 0.25) is 0 Å². The lowest BCUT2D eigenvalue weighted by atomic mass is 9.97. The van der Waals surface area contributed by atoms with E-state index < -0.39 is 36.7 Å². The molecule has 0 aliphatic carbocycles. The number of carbonyl (C=O) groups is 1. The fourth-order valence-electron chi connectivity index (χ4n) is 4.15. The normalized spacial score (nSPS) is 23.8. The summed E-state index contributed by atoms with van der Waals surface area (Å²) in [5.74, 6) is -0.565. The molecule has 1 saturated heterocycles. The van der Waals surface area contributed by atoms with Gasteiger partial charge in [-0.3, -0.25) is 0 Å². The third kappa shape index (κ3) is 6.78. The summed E-state index contributed by atoms with van der Waals surface area (Å²) in [6.07, 6.45) is -4.06. The highest BCUT2D eigenvalue weighted by Crippen LogP contribution is 2.31. The summed E-state index contributed by atoms with van der Waals surface area (Å²) in [6, 6.07) is 29.3. The van der Waals surface area contributed by atoms with E-state index in [4.69, 9.17) is 28.4 Å². The van der Waals surface area contributed by atoms with Crippen LogP contribution in [-0.4, -0.2) is 50.9 Å². The van der Waals surface area contributed by atoms with Gasteiger partial charge in [0.25, 0.3) is 0 Å². The maximum Gasteiger partial charge on any atom is 0.337 e. The molecule has 0 amide bonds. The van der Waals surface area contributed by atoms with Crippen LogP contribution in [0.5, 0.6) is 0 Å². The molecule has 5 atom stereocenters. The van der Waals surface area contributed by atoms with Crippen molar-refractivity contribution in [3.8, 4) is 0 Å². The Balaban J connectivity index is 1.61. The number of benzene rings is 3. The number of methoxy groups -OCH3 is 2. The quantitative estimate of drug-likeness (QED) is 0.370. The number of esters is 1. The lowest BCUT2D eigenvalue weighted by Gasteiger charge is -2.44. The van der Waals surface area contributed by atoms with Gasteiger partial charge in [0.05, 0.1) is 26.9 Å². The van der Waals surface area contributed by atoms with Crippen molar-refractivity contribution in [3.05, 3.63) is 108 Å². The minimum Gasteiger partial charge on any atom is -0.467 e. The summed E-state index contributed by atoms with van der Waals surface area (Å²) in [4.78, 5) is 12.8. The van der Waals surface area contributed by atoms with E-state index in [1.54, 1.807) is 0 Å². The molecule has 190 valence electrons.